The van der Waals surface area contributed by atoms with Crippen LogP contribution in [0.25, 0.3) is 10.8 Å². The van der Waals surface area contributed by atoms with E-state index in [4.69, 9.17) is 9.84 Å². The molecule has 0 fully saturated rings. The molecule has 0 atom stereocenters. The summed E-state index contributed by atoms with van der Waals surface area (Å²) in [6.45, 7) is -0.0634. The fourth-order valence-electron chi connectivity index (χ4n) is 1.77. The molecule has 2 aromatic rings. The molecule has 94 valence electrons. The second-order valence-corrected chi connectivity index (χ2v) is 3.98. The van der Waals surface area contributed by atoms with Gasteiger partial charge in [0, 0.05) is 6.54 Å². The number of nitrogens with one attached hydrogen (secondary N) is 1. The van der Waals surface area contributed by atoms with Gasteiger partial charge < -0.3 is 15.2 Å². The van der Waals surface area contributed by atoms with Crippen LogP contribution in [0, 0.1) is 0 Å². The number of carbonyl (C=O) groups is 1. The Morgan fingerprint density at radius 2 is 1.94 bits per heavy atom. The second-order valence-electron chi connectivity index (χ2n) is 3.98. The molecule has 0 aliphatic rings. The molecule has 0 bridgehead atoms. The molecular weight excluding hydrogens is 230 g/mol. The fraction of sp³-hybridized carbons (Fsp3) is 0.214. The third-order valence-corrected chi connectivity index (χ3v) is 2.75. The number of methoxy groups -OCH3 is 1. The molecule has 18 heavy (non-hydrogen) atoms. The molecule has 0 radical (unpaired) electrons. The molecule has 0 heterocycles. The molecule has 4 heteroatoms. The summed E-state index contributed by atoms with van der Waals surface area (Å²) in [4.78, 5) is 11.0. The summed E-state index contributed by atoms with van der Waals surface area (Å²) < 4.78 is 5.16. The van der Waals surface area contributed by atoms with Crippen molar-refractivity contribution < 1.29 is 14.6 Å². The maximum Gasteiger partial charge on any atom is 0.245 e. The summed E-state index contributed by atoms with van der Waals surface area (Å²) in [6, 6.07) is 11.8. The summed E-state index contributed by atoms with van der Waals surface area (Å²) in [7, 11) is 1.64. The van der Waals surface area contributed by atoms with E-state index in [2.05, 4.69) is 5.32 Å². The van der Waals surface area contributed by atoms with Crippen molar-refractivity contribution in [3.63, 3.8) is 0 Å². The Bertz CT molecular complexity index is 566. The first-order chi connectivity index (χ1) is 8.72. The number of hydrogen-bond donors (Lipinski definition) is 2. The fourth-order valence-corrected chi connectivity index (χ4v) is 1.77. The first kappa shape index (κ1) is 12.4. The van der Waals surface area contributed by atoms with Gasteiger partial charge in [-0.3, -0.25) is 4.79 Å². The summed E-state index contributed by atoms with van der Waals surface area (Å²) in [5.74, 6) is 0.452. The van der Waals surface area contributed by atoms with Crippen LogP contribution in [0.4, 0.5) is 0 Å². The Kier molecular flexibility index (Phi) is 3.79. The van der Waals surface area contributed by atoms with Crippen molar-refractivity contribution in [3.05, 3.63) is 42.0 Å². The van der Waals surface area contributed by atoms with Gasteiger partial charge in [-0.05, 0) is 34.5 Å². The van der Waals surface area contributed by atoms with Crippen LogP contribution < -0.4 is 10.1 Å². The molecule has 2 N–H and O–H groups in total. The van der Waals surface area contributed by atoms with E-state index >= 15 is 0 Å². The highest BCUT2D eigenvalue weighted by molar-refractivity contribution is 5.84. The van der Waals surface area contributed by atoms with Crippen LogP contribution in [0.5, 0.6) is 5.75 Å². The minimum absolute atomic E-state index is 0.371. The topological polar surface area (TPSA) is 58.6 Å². The van der Waals surface area contributed by atoms with Crippen LogP contribution in [-0.4, -0.2) is 24.7 Å². The van der Waals surface area contributed by atoms with Gasteiger partial charge in [-0.2, -0.15) is 0 Å². The zero-order valence-electron chi connectivity index (χ0n) is 10.1. The van der Waals surface area contributed by atoms with Crippen LogP contribution in [0.2, 0.25) is 0 Å². The van der Waals surface area contributed by atoms with Gasteiger partial charge in [-0.1, -0.05) is 18.2 Å². The van der Waals surface area contributed by atoms with Crippen molar-refractivity contribution in [2.45, 2.75) is 6.54 Å². The van der Waals surface area contributed by atoms with Crippen molar-refractivity contribution in [1.29, 1.82) is 0 Å². The Labute approximate surface area is 105 Å². The minimum atomic E-state index is -0.481. The van der Waals surface area contributed by atoms with Crippen LogP contribution in [0.3, 0.4) is 0 Å². The van der Waals surface area contributed by atoms with Crippen LogP contribution in [0.15, 0.2) is 36.4 Å². The lowest BCUT2D eigenvalue weighted by Crippen LogP contribution is -2.25. The van der Waals surface area contributed by atoms with E-state index in [0.717, 1.165) is 22.1 Å². The number of benzene rings is 2. The van der Waals surface area contributed by atoms with Gasteiger partial charge in [0.2, 0.25) is 5.91 Å². The number of amides is 1. The lowest BCUT2D eigenvalue weighted by atomic mass is 10.1. The molecule has 2 aromatic carbocycles. The zero-order valence-corrected chi connectivity index (χ0v) is 10.1. The molecule has 4 nitrogen and oxygen atoms in total. The number of fused-ring (bicyclic) bond motifs is 1. The molecule has 0 saturated carbocycles. The first-order valence-electron chi connectivity index (χ1n) is 5.67. The summed E-state index contributed by atoms with van der Waals surface area (Å²) in [6.07, 6.45) is 0. The molecule has 0 aliphatic heterocycles. The predicted molar refractivity (Wildman–Crippen MR) is 69.4 cm³/mol. The normalized spacial score (nSPS) is 10.3. The number of rotatable bonds is 4. The summed E-state index contributed by atoms with van der Waals surface area (Å²) in [5.41, 5.74) is 0.995. The monoisotopic (exact) mass is 245 g/mol. The Morgan fingerprint density at radius 1 is 1.22 bits per heavy atom. The molecule has 2 rings (SSSR count). The predicted octanol–water partition coefficient (Wildman–Crippen LogP) is 1.46. The van der Waals surface area contributed by atoms with E-state index < -0.39 is 6.61 Å². The number of aliphatic hydroxyl groups is 1. The van der Waals surface area contributed by atoms with E-state index in [0.29, 0.717) is 6.54 Å². The highest BCUT2D eigenvalue weighted by Gasteiger charge is 2.01. The lowest BCUT2D eigenvalue weighted by molar-refractivity contribution is -0.123. The van der Waals surface area contributed by atoms with E-state index in [1.54, 1.807) is 7.11 Å². The molecule has 0 aliphatic carbocycles. The van der Waals surface area contributed by atoms with Crippen molar-refractivity contribution in [2.75, 3.05) is 13.7 Å². The lowest BCUT2D eigenvalue weighted by Gasteiger charge is -2.06. The van der Waals surface area contributed by atoms with Crippen LogP contribution >= 0.6 is 0 Å². The average molecular weight is 245 g/mol. The van der Waals surface area contributed by atoms with Crippen molar-refractivity contribution in [1.82, 2.24) is 5.32 Å². The third-order valence-electron chi connectivity index (χ3n) is 2.75. The number of carbonyl (C=O) groups excluding carboxylic acids is 1. The van der Waals surface area contributed by atoms with Gasteiger partial charge >= 0.3 is 0 Å². The van der Waals surface area contributed by atoms with Gasteiger partial charge in [0.05, 0.1) is 7.11 Å². The molecule has 0 saturated heterocycles. The second kappa shape index (κ2) is 5.51. The maximum atomic E-state index is 11.0. The number of ether oxygens (including phenoxy) is 1. The van der Waals surface area contributed by atoms with Gasteiger partial charge in [-0.25, -0.2) is 0 Å². The number of hydrogen-bond acceptors (Lipinski definition) is 3. The first-order valence-corrected chi connectivity index (χ1v) is 5.67. The van der Waals surface area contributed by atoms with Crippen molar-refractivity contribution in [2.24, 2.45) is 0 Å². The highest BCUT2D eigenvalue weighted by atomic mass is 16.5. The Hall–Kier alpha value is -2.07. The Morgan fingerprint density at radius 3 is 2.67 bits per heavy atom. The maximum absolute atomic E-state index is 11.0. The van der Waals surface area contributed by atoms with Gasteiger partial charge in [0.15, 0.2) is 0 Å². The molecule has 0 unspecified atom stereocenters. The average Bonchev–Trinajstić information content (AvgIpc) is 2.43. The standard InChI is InChI=1S/C14H15NO3/c1-18-13-5-4-11-6-10(2-3-12(11)7-13)8-15-14(17)9-16/h2-7,16H,8-9H2,1H3,(H,15,17). The van der Waals surface area contributed by atoms with Gasteiger partial charge in [-0.15, -0.1) is 0 Å². The largest absolute Gasteiger partial charge is 0.497 e. The molecule has 0 spiro atoms. The van der Waals surface area contributed by atoms with Gasteiger partial charge in [0.1, 0.15) is 12.4 Å². The molecule has 0 aromatic heterocycles. The summed E-state index contributed by atoms with van der Waals surface area (Å²) in [5, 5.41) is 13.4. The minimum Gasteiger partial charge on any atom is -0.497 e. The smallest absolute Gasteiger partial charge is 0.245 e. The van der Waals surface area contributed by atoms with E-state index in [-0.39, 0.29) is 5.91 Å². The SMILES string of the molecule is COc1ccc2cc(CNC(=O)CO)ccc2c1. The van der Waals surface area contributed by atoms with Crippen LogP contribution in [-0.2, 0) is 11.3 Å². The Balaban J connectivity index is 2.20. The highest BCUT2D eigenvalue weighted by Crippen LogP contribution is 2.21. The third kappa shape index (κ3) is 2.78. The van der Waals surface area contributed by atoms with E-state index in [9.17, 15) is 4.79 Å². The quantitative estimate of drug-likeness (QED) is 0.857. The molecule has 1 amide bonds. The zero-order chi connectivity index (χ0) is 13.0. The van der Waals surface area contributed by atoms with E-state index in [1.165, 1.54) is 0 Å². The van der Waals surface area contributed by atoms with Crippen LogP contribution in [0.1, 0.15) is 5.56 Å². The number of aliphatic hydroxyl groups excluding tert-OH is 1. The van der Waals surface area contributed by atoms with Crippen molar-refractivity contribution in [3.8, 4) is 5.75 Å². The summed E-state index contributed by atoms with van der Waals surface area (Å²) >= 11 is 0. The van der Waals surface area contributed by atoms with Gasteiger partial charge in [0.25, 0.3) is 0 Å². The van der Waals surface area contributed by atoms with E-state index in [1.807, 2.05) is 36.4 Å². The van der Waals surface area contributed by atoms with Crippen molar-refractivity contribution >= 4 is 16.7 Å². The molecular formula is C14H15NO3.